The molecule has 0 aliphatic carbocycles. The highest BCUT2D eigenvalue weighted by Gasteiger charge is 2.36. The van der Waals surface area contributed by atoms with Crippen LogP contribution in [0.15, 0.2) is 29.2 Å². The lowest BCUT2D eigenvalue weighted by atomic mass is 9.80. The van der Waals surface area contributed by atoms with E-state index in [1.807, 2.05) is 24.3 Å². The van der Waals surface area contributed by atoms with Crippen molar-refractivity contribution in [2.45, 2.75) is 31.7 Å². The van der Waals surface area contributed by atoms with Crippen molar-refractivity contribution in [2.75, 3.05) is 12.8 Å². The second kappa shape index (κ2) is 6.25. The molecule has 1 aromatic carbocycles. The molecule has 0 aliphatic rings. The van der Waals surface area contributed by atoms with E-state index in [4.69, 9.17) is 0 Å². The van der Waals surface area contributed by atoms with Crippen molar-refractivity contribution in [3.8, 4) is 0 Å². The Bertz CT molecular complexity index is 401. The molecule has 0 aromatic heterocycles. The maximum atomic E-state index is 11.3. The highest BCUT2D eigenvalue weighted by atomic mass is 32.2. The Morgan fingerprint density at radius 3 is 2.33 bits per heavy atom. The van der Waals surface area contributed by atoms with Gasteiger partial charge in [-0.05, 0) is 44.3 Å². The molecular formula is C14H21NO2S. The summed E-state index contributed by atoms with van der Waals surface area (Å²) in [5, 5.41) is 12.4. The molecule has 0 bridgehead atoms. The van der Waals surface area contributed by atoms with E-state index in [0.717, 1.165) is 11.3 Å². The van der Waals surface area contributed by atoms with Gasteiger partial charge in [-0.25, -0.2) is 0 Å². The standard InChI is InChI=1S/C14H21NO2S/c1-5-18-11-8-6-10(7-9-11)12(15-4)14(2,3)13(16)17/h6-9,12,15H,5H2,1-4H3,(H,16,17). The van der Waals surface area contributed by atoms with E-state index in [1.54, 1.807) is 32.7 Å². The fraction of sp³-hybridized carbons (Fsp3) is 0.500. The zero-order chi connectivity index (χ0) is 13.8. The van der Waals surface area contributed by atoms with Crippen LogP contribution in [0, 0.1) is 5.41 Å². The summed E-state index contributed by atoms with van der Waals surface area (Å²) in [6.45, 7) is 5.60. The Balaban J connectivity index is 2.99. The third-order valence-electron chi connectivity index (χ3n) is 3.09. The van der Waals surface area contributed by atoms with Crippen molar-refractivity contribution in [1.82, 2.24) is 5.32 Å². The van der Waals surface area contributed by atoms with Gasteiger partial charge in [0.05, 0.1) is 5.41 Å². The number of carbonyl (C=O) groups is 1. The largest absolute Gasteiger partial charge is 0.481 e. The van der Waals surface area contributed by atoms with Gasteiger partial charge in [-0.2, -0.15) is 0 Å². The molecule has 0 radical (unpaired) electrons. The Morgan fingerprint density at radius 1 is 1.39 bits per heavy atom. The van der Waals surface area contributed by atoms with Crippen molar-refractivity contribution >= 4 is 17.7 Å². The molecule has 0 saturated carbocycles. The quantitative estimate of drug-likeness (QED) is 0.777. The average molecular weight is 267 g/mol. The van der Waals surface area contributed by atoms with Gasteiger partial charge in [0.1, 0.15) is 0 Å². The molecule has 0 aliphatic heterocycles. The van der Waals surface area contributed by atoms with E-state index in [0.29, 0.717) is 0 Å². The predicted molar refractivity (Wildman–Crippen MR) is 76.1 cm³/mol. The minimum Gasteiger partial charge on any atom is -0.481 e. The van der Waals surface area contributed by atoms with Gasteiger partial charge in [-0.15, -0.1) is 11.8 Å². The molecule has 1 rings (SSSR count). The molecule has 1 atom stereocenters. The number of carboxylic acid groups (broad SMARTS) is 1. The normalized spacial score (nSPS) is 13.3. The minimum absolute atomic E-state index is 0.198. The number of aliphatic carboxylic acids is 1. The maximum Gasteiger partial charge on any atom is 0.311 e. The van der Waals surface area contributed by atoms with Gasteiger partial charge >= 0.3 is 5.97 Å². The van der Waals surface area contributed by atoms with E-state index >= 15 is 0 Å². The summed E-state index contributed by atoms with van der Waals surface area (Å²) in [4.78, 5) is 12.5. The fourth-order valence-corrected chi connectivity index (χ4v) is 2.65. The van der Waals surface area contributed by atoms with E-state index in [9.17, 15) is 9.90 Å². The van der Waals surface area contributed by atoms with Crippen molar-refractivity contribution in [3.05, 3.63) is 29.8 Å². The number of nitrogens with one attached hydrogen (secondary N) is 1. The summed E-state index contributed by atoms with van der Waals surface area (Å²) in [6.07, 6.45) is 0. The molecule has 0 spiro atoms. The van der Waals surface area contributed by atoms with E-state index in [1.165, 1.54) is 4.90 Å². The van der Waals surface area contributed by atoms with Gasteiger partial charge in [0.25, 0.3) is 0 Å². The predicted octanol–water partition coefficient (Wildman–Crippen LogP) is 3.17. The van der Waals surface area contributed by atoms with Gasteiger partial charge in [0.15, 0.2) is 0 Å². The summed E-state index contributed by atoms with van der Waals surface area (Å²) < 4.78 is 0. The summed E-state index contributed by atoms with van der Waals surface area (Å²) in [5.41, 5.74) is 0.166. The van der Waals surface area contributed by atoms with Crippen LogP contribution >= 0.6 is 11.8 Å². The molecule has 4 heteroatoms. The second-order valence-electron chi connectivity index (χ2n) is 4.75. The van der Waals surface area contributed by atoms with Gasteiger partial charge in [-0.1, -0.05) is 19.1 Å². The topological polar surface area (TPSA) is 49.3 Å². The van der Waals surface area contributed by atoms with Crippen molar-refractivity contribution < 1.29 is 9.90 Å². The molecule has 1 aromatic rings. The first kappa shape index (κ1) is 15.1. The maximum absolute atomic E-state index is 11.3. The van der Waals surface area contributed by atoms with E-state index in [2.05, 4.69) is 12.2 Å². The summed E-state index contributed by atoms with van der Waals surface area (Å²) in [6, 6.07) is 7.90. The first-order chi connectivity index (χ1) is 8.43. The number of hydrogen-bond donors (Lipinski definition) is 2. The average Bonchev–Trinajstić information content (AvgIpc) is 2.32. The van der Waals surface area contributed by atoms with Crippen LogP contribution in [0.3, 0.4) is 0 Å². The van der Waals surface area contributed by atoms with Crippen LogP contribution in [0.25, 0.3) is 0 Å². The molecule has 1 unspecified atom stereocenters. The fourth-order valence-electron chi connectivity index (χ4n) is 1.99. The molecule has 2 N–H and O–H groups in total. The zero-order valence-corrected chi connectivity index (χ0v) is 12.2. The summed E-state index contributed by atoms with van der Waals surface area (Å²) in [7, 11) is 1.80. The zero-order valence-electron chi connectivity index (χ0n) is 11.4. The van der Waals surface area contributed by atoms with Gasteiger partial charge in [0.2, 0.25) is 0 Å². The van der Waals surface area contributed by atoms with Crippen LogP contribution in [0.5, 0.6) is 0 Å². The highest BCUT2D eigenvalue weighted by molar-refractivity contribution is 7.99. The van der Waals surface area contributed by atoms with Crippen molar-refractivity contribution in [2.24, 2.45) is 5.41 Å². The lowest BCUT2D eigenvalue weighted by Gasteiger charge is -2.30. The first-order valence-electron chi connectivity index (χ1n) is 6.07. The number of rotatable bonds is 6. The van der Waals surface area contributed by atoms with Gasteiger partial charge in [-0.3, -0.25) is 4.79 Å². The van der Waals surface area contributed by atoms with E-state index < -0.39 is 11.4 Å². The molecular weight excluding hydrogens is 246 g/mol. The van der Waals surface area contributed by atoms with Crippen LogP contribution in [-0.4, -0.2) is 23.9 Å². The van der Waals surface area contributed by atoms with Gasteiger partial charge in [0, 0.05) is 10.9 Å². The second-order valence-corrected chi connectivity index (χ2v) is 6.09. The Kier molecular flexibility index (Phi) is 5.23. The monoisotopic (exact) mass is 267 g/mol. The molecule has 18 heavy (non-hydrogen) atoms. The third kappa shape index (κ3) is 3.27. The Morgan fingerprint density at radius 2 is 1.94 bits per heavy atom. The van der Waals surface area contributed by atoms with Crippen LogP contribution in [0.2, 0.25) is 0 Å². The number of hydrogen-bond acceptors (Lipinski definition) is 3. The van der Waals surface area contributed by atoms with Crippen molar-refractivity contribution in [3.63, 3.8) is 0 Å². The molecule has 3 nitrogen and oxygen atoms in total. The van der Waals surface area contributed by atoms with Crippen LogP contribution in [0.4, 0.5) is 0 Å². The lowest BCUT2D eigenvalue weighted by molar-refractivity contribution is -0.148. The highest BCUT2D eigenvalue weighted by Crippen LogP contribution is 2.34. The van der Waals surface area contributed by atoms with Crippen LogP contribution in [-0.2, 0) is 4.79 Å². The van der Waals surface area contributed by atoms with Crippen molar-refractivity contribution in [1.29, 1.82) is 0 Å². The number of carboxylic acids is 1. The van der Waals surface area contributed by atoms with Crippen LogP contribution in [0.1, 0.15) is 32.4 Å². The molecule has 0 fully saturated rings. The minimum atomic E-state index is -0.839. The van der Waals surface area contributed by atoms with Crippen LogP contribution < -0.4 is 5.32 Å². The third-order valence-corrected chi connectivity index (χ3v) is 3.98. The Hall–Kier alpha value is -1.00. The SMILES string of the molecule is CCSc1ccc(C(NC)C(C)(C)C(=O)O)cc1. The lowest BCUT2D eigenvalue weighted by Crippen LogP contribution is -2.38. The summed E-state index contributed by atoms with van der Waals surface area (Å²) in [5.74, 6) is 0.240. The molecule has 100 valence electrons. The Labute approximate surface area is 113 Å². The molecule has 0 saturated heterocycles. The summed E-state index contributed by atoms with van der Waals surface area (Å²) >= 11 is 1.78. The first-order valence-corrected chi connectivity index (χ1v) is 7.05. The number of thioether (sulfide) groups is 1. The smallest absolute Gasteiger partial charge is 0.311 e. The molecule has 0 amide bonds. The van der Waals surface area contributed by atoms with E-state index in [-0.39, 0.29) is 6.04 Å². The molecule has 0 heterocycles. The van der Waals surface area contributed by atoms with Gasteiger partial charge < -0.3 is 10.4 Å². The number of benzene rings is 1.